The van der Waals surface area contributed by atoms with Crippen LogP contribution < -0.4 is 11.1 Å². The highest BCUT2D eigenvalue weighted by Crippen LogP contribution is 2.46. The topological polar surface area (TPSA) is 87.7 Å². The van der Waals surface area contributed by atoms with E-state index in [0.717, 1.165) is 56.1 Å². The molecule has 2 rings (SSSR count). The number of amides is 1. The SMILES string of the molecule is C=C(C)CCC.CC/C=C\C(=C/CCC)CN=C/C(=C\N)C(=O)NC1CC(c2cccc(O)c2)C1CCCC.CCCCC. The number of phenols is 1. The van der Waals surface area contributed by atoms with Crippen LogP contribution >= 0.6 is 0 Å². The molecule has 5 nitrogen and oxygen atoms in total. The van der Waals surface area contributed by atoms with Gasteiger partial charge >= 0.3 is 0 Å². The number of carbonyl (C=O) groups is 1. The third-order valence-electron chi connectivity index (χ3n) is 7.64. The number of phenolic OH excluding ortho intramolecular Hbond substituents is 1. The van der Waals surface area contributed by atoms with E-state index >= 15 is 0 Å². The van der Waals surface area contributed by atoms with E-state index in [-0.39, 0.29) is 11.9 Å². The standard InChI is InChI=1S/C28H41N3O2.C6H12.C5H12/c1-4-7-11-21(12-8-5-2)19-30-20-23(18-29)28(33)31-27-17-26(25(27)15-9-6-3)22-13-10-14-24(32)16-22;1-4-5-6(2)3;1-3-5-4-2/h7,10-14,16,18,20,25-27,32H,4-6,8-9,15,17,19,29H2,1-3H3,(H,31,33);2,4-5H2,1,3H3;3-5H2,1-2H3/b11-7-,21-12+,23-18+,30-20?;;. The highest BCUT2D eigenvalue weighted by Gasteiger charge is 2.42. The molecule has 0 radical (unpaired) electrons. The number of hydrogen-bond donors (Lipinski definition) is 3. The number of aromatic hydroxyl groups is 1. The number of nitrogens with zero attached hydrogens (tertiary/aromatic N) is 1. The van der Waals surface area contributed by atoms with Crippen LogP contribution in [0.4, 0.5) is 0 Å². The number of rotatable bonds is 17. The van der Waals surface area contributed by atoms with Crippen molar-refractivity contribution in [2.24, 2.45) is 16.6 Å². The summed E-state index contributed by atoms with van der Waals surface area (Å²) in [7, 11) is 0. The van der Waals surface area contributed by atoms with Gasteiger partial charge in [-0.15, -0.1) is 6.58 Å². The number of carbonyl (C=O) groups excluding carboxylic acids is 1. The van der Waals surface area contributed by atoms with Crippen molar-refractivity contribution in [3.63, 3.8) is 0 Å². The van der Waals surface area contributed by atoms with E-state index in [0.29, 0.717) is 29.7 Å². The maximum atomic E-state index is 12.9. The van der Waals surface area contributed by atoms with Gasteiger partial charge < -0.3 is 16.2 Å². The van der Waals surface area contributed by atoms with Crippen LogP contribution in [0, 0.1) is 5.92 Å². The molecule has 0 saturated heterocycles. The van der Waals surface area contributed by atoms with Gasteiger partial charge in [-0.3, -0.25) is 9.79 Å². The van der Waals surface area contributed by atoms with E-state index in [2.05, 4.69) is 89.6 Å². The van der Waals surface area contributed by atoms with Crippen LogP contribution in [0.1, 0.15) is 137 Å². The number of hydrogen-bond acceptors (Lipinski definition) is 4. The fourth-order valence-electron chi connectivity index (χ4n) is 5.10. The number of benzene rings is 1. The number of allylic oxidation sites excluding steroid dienone is 3. The summed E-state index contributed by atoms with van der Waals surface area (Å²) in [4.78, 5) is 17.4. The molecule has 4 N–H and O–H groups in total. The van der Waals surface area contributed by atoms with Crippen molar-refractivity contribution in [3.05, 3.63) is 77.6 Å². The normalized spacial score (nSPS) is 18.2. The summed E-state index contributed by atoms with van der Waals surface area (Å²) >= 11 is 0. The second kappa shape index (κ2) is 26.3. The van der Waals surface area contributed by atoms with Gasteiger partial charge in [0.25, 0.3) is 5.91 Å². The third kappa shape index (κ3) is 17.9. The third-order valence-corrected chi connectivity index (χ3v) is 7.64. The highest BCUT2D eigenvalue weighted by atomic mass is 16.3. The Hall–Kier alpha value is -3.08. The number of nitrogens with one attached hydrogen (secondary N) is 1. The predicted molar refractivity (Wildman–Crippen MR) is 193 cm³/mol. The van der Waals surface area contributed by atoms with Crippen LogP contribution in [0.2, 0.25) is 0 Å². The molecule has 1 saturated carbocycles. The summed E-state index contributed by atoms with van der Waals surface area (Å²) in [5.74, 6) is 0.823. The van der Waals surface area contributed by atoms with Crippen molar-refractivity contribution in [1.82, 2.24) is 5.32 Å². The van der Waals surface area contributed by atoms with Crippen molar-refractivity contribution in [1.29, 1.82) is 0 Å². The zero-order valence-corrected chi connectivity index (χ0v) is 29.2. The lowest BCUT2D eigenvalue weighted by atomic mass is 9.64. The highest BCUT2D eigenvalue weighted by molar-refractivity contribution is 6.12. The van der Waals surface area contributed by atoms with Crippen molar-refractivity contribution in [2.45, 2.75) is 137 Å². The van der Waals surface area contributed by atoms with E-state index in [9.17, 15) is 9.90 Å². The first-order valence-corrected chi connectivity index (χ1v) is 17.2. The molecule has 0 bridgehead atoms. The quantitative estimate of drug-likeness (QED) is 0.0712. The van der Waals surface area contributed by atoms with Crippen molar-refractivity contribution in [3.8, 4) is 5.75 Å². The molecule has 0 aromatic heterocycles. The van der Waals surface area contributed by atoms with E-state index in [1.54, 1.807) is 12.3 Å². The van der Waals surface area contributed by atoms with Crippen LogP contribution in [0.15, 0.2) is 77.0 Å². The van der Waals surface area contributed by atoms with Gasteiger partial charge in [-0.1, -0.05) is 122 Å². The maximum absolute atomic E-state index is 12.9. The fraction of sp³-hybridized carbons (Fsp3) is 0.590. The zero-order chi connectivity index (χ0) is 33.2. The van der Waals surface area contributed by atoms with Gasteiger partial charge in [0.2, 0.25) is 0 Å². The minimum Gasteiger partial charge on any atom is -0.508 e. The second-order valence-electron chi connectivity index (χ2n) is 11.9. The fourth-order valence-corrected chi connectivity index (χ4v) is 5.10. The monoisotopic (exact) mass is 608 g/mol. The van der Waals surface area contributed by atoms with Gasteiger partial charge in [0.1, 0.15) is 5.75 Å². The molecule has 3 atom stereocenters. The zero-order valence-electron chi connectivity index (χ0n) is 29.2. The minimum absolute atomic E-state index is 0.104. The van der Waals surface area contributed by atoms with Crippen LogP contribution in [0.3, 0.4) is 0 Å². The molecular formula is C39H65N3O2. The Morgan fingerprint density at radius 2 is 1.77 bits per heavy atom. The Morgan fingerprint density at radius 1 is 1.07 bits per heavy atom. The summed E-state index contributed by atoms with van der Waals surface area (Å²) in [6.07, 6.45) is 23.1. The molecule has 1 fully saturated rings. The van der Waals surface area contributed by atoms with Crippen LogP contribution in [-0.4, -0.2) is 29.8 Å². The number of unbranched alkanes of at least 4 members (excludes halogenated alkanes) is 4. The lowest BCUT2D eigenvalue weighted by Gasteiger charge is -2.46. The van der Waals surface area contributed by atoms with Gasteiger partial charge in [-0.25, -0.2) is 0 Å². The molecule has 1 amide bonds. The Kier molecular flexibility index (Phi) is 24.5. The molecule has 0 aliphatic heterocycles. The molecule has 44 heavy (non-hydrogen) atoms. The van der Waals surface area contributed by atoms with Crippen molar-refractivity contribution < 1.29 is 9.90 Å². The summed E-state index contributed by atoms with van der Waals surface area (Å²) in [6.45, 7) is 19.4. The van der Waals surface area contributed by atoms with Gasteiger partial charge in [0, 0.05) is 18.5 Å². The maximum Gasteiger partial charge on any atom is 0.254 e. The number of nitrogens with two attached hydrogens (primary N) is 1. The van der Waals surface area contributed by atoms with Gasteiger partial charge in [-0.2, -0.15) is 0 Å². The molecule has 1 aromatic rings. The Bertz CT molecular complexity index is 1040. The first-order chi connectivity index (χ1) is 21.2. The van der Waals surface area contributed by atoms with E-state index in [1.165, 1.54) is 43.9 Å². The Labute approximate surface area is 270 Å². The van der Waals surface area contributed by atoms with E-state index < -0.39 is 0 Å². The smallest absolute Gasteiger partial charge is 0.254 e. The van der Waals surface area contributed by atoms with Crippen molar-refractivity contribution >= 4 is 12.1 Å². The molecule has 0 heterocycles. The van der Waals surface area contributed by atoms with Crippen molar-refractivity contribution in [2.75, 3.05) is 6.54 Å². The van der Waals surface area contributed by atoms with Crippen LogP contribution in [0.5, 0.6) is 5.75 Å². The molecule has 5 heteroatoms. The molecule has 248 valence electrons. The molecule has 1 aromatic carbocycles. The van der Waals surface area contributed by atoms with Gasteiger partial charge in [0.05, 0.1) is 12.1 Å². The molecule has 0 spiro atoms. The first-order valence-electron chi connectivity index (χ1n) is 17.2. The number of aliphatic imine (C=N–C) groups is 1. The molecule has 3 unspecified atom stereocenters. The second-order valence-corrected chi connectivity index (χ2v) is 11.9. The molecule has 1 aliphatic rings. The Morgan fingerprint density at radius 3 is 2.27 bits per heavy atom. The molecule has 1 aliphatic carbocycles. The van der Waals surface area contributed by atoms with Gasteiger partial charge in [0.15, 0.2) is 0 Å². The van der Waals surface area contributed by atoms with E-state index in [1.807, 2.05) is 12.1 Å². The molecular weight excluding hydrogens is 542 g/mol. The average Bonchev–Trinajstić information content (AvgIpc) is 2.99. The lowest BCUT2D eigenvalue weighted by molar-refractivity contribution is -0.119. The summed E-state index contributed by atoms with van der Waals surface area (Å²) in [5, 5.41) is 13.0. The van der Waals surface area contributed by atoms with Crippen LogP contribution in [0.25, 0.3) is 0 Å². The van der Waals surface area contributed by atoms with Gasteiger partial charge in [-0.05, 0) is 74.1 Å². The summed E-state index contributed by atoms with van der Waals surface area (Å²) in [6, 6.07) is 7.60. The van der Waals surface area contributed by atoms with Crippen LogP contribution in [-0.2, 0) is 4.79 Å². The predicted octanol–water partition coefficient (Wildman–Crippen LogP) is 10.3. The lowest BCUT2D eigenvalue weighted by Crippen LogP contribution is -2.51. The van der Waals surface area contributed by atoms with E-state index in [4.69, 9.17) is 5.73 Å². The summed E-state index contributed by atoms with van der Waals surface area (Å²) < 4.78 is 0. The first kappa shape index (κ1) is 40.9. The minimum atomic E-state index is -0.176. The average molecular weight is 608 g/mol. The Balaban J connectivity index is 0.00000143. The summed E-state index contributed by atoms with van der Waals surface area (Å²) in [5.41, 5.74) is 9.74. The largest absolute Gasteiger partial charge is 0.508 e.